The normalized spacial score (nSPS) is 23.6. The van der Waals surface area contributed by atoms with Gasteiger partial charge in [-0.05, 0) is 62.8 Å². The van der Waals surface area contributed by atoms with Gasteiger partial charge in [0.1, 0.15) is 4.90 Å². The SMILES string of the molecule is Cc1ccc(Cl)c(S(=O)(=O)N2CCCC(CNC(=O)C3CCCN3)C2)c1.Cl. The number of nitrogens with one attached hydrogen (secondary N) is 2. The Hall–Kier alpha value is -0.860. The van der Waals surface area contributed by atoms with E-state index in [1.165, 1.54) is 4.31 Å². The van der Waals surface area contributed by atoms with E-state index in [0.29, 0.717) is 19.6 Å². The summed E-state index contributed by atoms with van der Waals surface area (Å²) >= 11 is 6.14. The van der Waals surface area contributed by atoms with Gasteiger partial charge in [0.2, 0.25) is 15.9 Å². The van der Waals surface area contributed by atoms with Crippen LogP contribution in [-0.4, -0.2) is 50.9 Å². The van der Waals surface area contributed by atoms with E-state index in [-0.39, 0.29) is 40.2 Å². The largest absolute Gasteiger partial charge is 0.354 e. The number of halogens is 2. The Morgan fingerprint density at radius 3 is 2.81 bits per heavy atom. The van der Waals surface area contributed by atoms with Crippen LogP contribution in [0, 0.1) is 12.8 Å². The molecular weight excluding hydrogens is 409 g/mol. The lowest BCUT2D eigenvalue weighted by atomic mass is 9.99. The highest BCUT2D eigenvalue weighted by Crippen LogP contribution is 2.29. The molecule has 2 fully saturated rings. The van der Waals surface area contributed by atoms with Crippen LogP contribution in [0.5, 0.6) is 0 Å². The first kappa shape index (κ1) is 22.4. The summed E-state index contributed by atoms with van der Waals surface area (Å²) < 4.78 is 27.5. The van der Waals surface area contributed by atoms with E-state index in [1.54, 1.807) is 18.2 Å². The Morgan fingerprint density at radius 2 is 2.11 bits per heavy atom. The minimum atomic E-state index is -3.63. The molecule has 1 aromatic rings. The van der Waals surface area contributed by atoms with Crippen molar-refractivity contribution in [3.63, 3.8) is 0 Å². The van der Waals surface area contributed by atoms with Crippen LogP contribution in [-0.2, 0) is 14.8 Å². The molecular formula is C18H27Cl2N3O3S. The van der Waals surface area contributed by atoms with Crippen LogP contribution < -0.4 is 10.6 Å². The number of sulfonamides is 1. The summed E-state index contributed by atoms with van der Waals surface area (Å²) in [5.41, 5.74) is 0.859. The molecule has 3 rings (SSSR count). The maximum absolute atomic E-state index is 13.0. The monoisotopic (exact) mass is 435 g/mol. The molecule has 2 unspecified atom stereocenters. The van der Waals surface area contributed by atoms with Crippen molar-refractivity contribution < 1.29 is 13.2 Å². The Bertz CT molecular complexity index is 767. The van der Waals surface area contributed by atoms with Crippen molar-refractivity contribution in [3.8, 4) is 0 Å². The molecule has 27 heavy (non-hydrogen) atoms. The van der Waals surface area contributed by atoms with Crippen molar-refractivity contribution in [1.82, 2.24) is 14.9 Å². The molecule has 2 aliphatic rings. The molecule has 0 spiro atoms. The number of hydrogen-bond acceptors (Lipinski definition) is 4. The van der Waals surface area contributed by atoms with Gasteiger partial charge in [-0.3, -0.25) is 4.79 Å². The lowest BCUT2D eigenvalue weighted by molar-refractivity contribution is -0.123. The molecule has 0 bridgehead atoms. The first-order valence-corrected chi connectivity index (χ1v) is 11.0. The highest BCUT2D eigenvalue weighted by molar-refractivity contribution is 7.89. The fourth-order valence-corrected chi connectivity index (χ4v) is 5.75. The summed E-state index contributed by atoms with van der Waals surface area (Å²) in [6.07, 6.45) is 3.57. The molecule has 0 aromatic heterocycles. The minimum absolute atomic E-state index is 0. The number of carbonyl (C=O) groups is 1. The Balaban J connectivity index is 0.00000261. The van der Waals surface area contributed by atoms with Crippen molar-refractivity contribution >= 4 is 39.9 Å². The first-order chi connectivity index (χ1) is 12.4. The van der Waals surface area contributed by atoms with Gasteiger partial charge < -0.3 is 10.6 Å². The van der Waals surface area contributed by atoms with Crippen LogP contribution in [0.15, 0.2) is 23.1 Å². The fraction of sp³-hybridized carbons (Fsp3) is 0.611. The van der Waals surface area contributed by atoms with Gasteiger partial charge in [0.25, 0.3) is 0 Å². The lowest BCUT2D eigenvalue weighted by Crippen LogP contribution is -2.46. The van der Waals surface area contributed by atoms with Gasteiger partial charge in [0.05, 0.1) is 11.1 Å². The third-order valence-electron chi connectivity index (χ3n) is 5.13. The van der Waals surface area contributed by atoms with E-state index in [2.05, 4.69) is 10.6 Å². The number of amides is 1. The van der Waals surface area contributed by atoms with Gasteiger partial charge in [0.15, 0.2) is 0 Å². The summed E-state index contributed by atoms with van der Waals surface area (Å²) in [6, 6.07) is 4.94. The Kier molecular flexibility index (Phi) is 7.94. The van der Waals surface area contributed by atoms with Gasteiger partial charge in [-0.25, -0.2) is 8.42 Å². The summed E-state index contributed by atoms with van der Waals surface area (Å²) in [7, 11) is -3.63. The number of aryl methyl sites for hydroxylation is 1. The van der Waals surface area contributed by atoms with Crippen molar-refractivity contribution in [1.29, 1.82) is 0 Å². The summed E-state index contributed by atoms with van der Waals surface area (Å²) in [4.78, 5) is 12.3. The molecule has 0 radical (unpaired) electrons. The smallest absolute Gasteiger partial charge is 0.244 e. The topological polar surface area (TPSA) is 78.5 Å². The van der Waals surface area contributed by atoms with E-state index in [4.69, 9.17) is 11.6 Å². The van der Waals surface area contributed by atoms with E-state index in [9.17, 15) is 13.2 Å². The second-order valence-corrected chi connectivity index (χ2v) is 9.51. The molecule has 2 heterocycles. The second kappa shape index (κ2) is 9.56. The molecule has 2 N–H and O–H groups in total. The number of hydrogen-bond donors (Lipinski definition) is 2. The number of carbonyl (C=O) groups excluding carboxylic acids is 1. The van der Waals surface area contributed by atoms with Crippen LogP contribution in [0.25, 0.3) is 0 Å². The van der Waals surface area contributed by atoms with Crippen molar-refractivity contribution in [3.05, 3.63) is 28.8 Å². The first-order valence-electron chi connectivity index (χ1n) is 9.15. The van der Waals surface area contributed by atoms with Gasteiger partial charge in [0, 0.05) is 19.6 Å². The zero-order valence-corrected chi connectivity index (χ0v) is 17.8. The Labute approximate surface area is 172 Å². The van der Waals surface area contributed by atoms with Crippen LogP contribution in [0.4, 0.5) is 0 Å². The molecule has 0 aliphatic carbocycles. The molecule has 1 amide bonds. The summed E-state index contributed by atoms with van der Waals surface area (Å²) in [6.45, 7) is 4.13. The minimum Gasteiger partial charge on any atom is -0.354 e. The average molecular weight is 436 g/mol. The summed E-state index contributed by atoms with van der Waals surface area (Å²) in [5, 5.41) is 6.40. The third kappa shape index (κ3) is 5.35. The third-order valence-corrected chi connectivity index (χ3v) is 7.47. The number of nitrogens with zero attached hydrogens (tertiary/aromatic N) is 1. The zero-order valence-electron chi connectivity index (χ0n) is 15.4. The molecule has 9 heteroatoms. The zero-order chi connectivity index (χ0) is 18.7. The molecule has 2 saturated heterocycles. The van der Waals surface area contributed by atoms with Crippen LogP contribution in [0.2, 0.25) is 5.02 Å². The quantitative estimate of drug-likeness (QED) is 0.743. The second-order valence-electron chi connectivity index (χ2n) is 7.20. The highest BCUT2D eigenvalue weighted by atomic mass is 35.5. The van der Waals surface area contributed by atoms with Crippen LogP contribution in [0.3, 0.4) is 0 Å². The lowest BCUT2D eigenvalue weighted by Gasteiger charge is -2.32. The molecule has 152 valence electrons. The van der Waals surface area contributed by atoms with Gasteiger partial charge in [-0.1, -0.05) is 17.7 Å². The number of rotatable bonds is 5. The van der Waals surface area contributed by atoms with E-state index in [0.717, 1.165) is 37.8 Å². The molecule has 1 aromatic carbocycles. The van der Waals surface area contributed by atoms with E-state index >= 15 is 0 Å². The molecule has 6 nitrogen and oxygen atoms in total. The molecule has 2 aliphatic heterocycles. The van der Waals surface area contributed by atoms with Crippen LogP contribution in [0.1, 0.15) is 31.2 Å². The Morgan fingerprint density at radius 1 is 1.33 bits per heavy atom. The van der Waals surface area contributed by atoms with Gasteiger partial charge in [-0.2, -0.15) is 4.31 Å². The maximum Gasteiger partial charge on any atom is 0.244 e. The predicted molar refractivity (Wildman–Crippen MR) is 109 cm³/mol. The fourth-order valence-electron chi connectivity index (χ4n) is 3.64. The number of piperidine rings is 1. The molecule has 0 saturated carbocycles. The van der Waals surface area contributed by atoms with Gasteiger partial charge >= 0.3 is 0 Å². The van der Waals surface area contributed by atoms with Crippen molar-refractivity contribution in [2.75, 3.05) is 26.2 Å². The van der Waals surface area contributed by atoms with Crippen molar-refractivity contribution in [2.45, 2.75) is 43.5 Å². The predicted octanol–water partition coefficient (Wildman–Crippen LogP) is 2.34. The molecule has 2 atom stereocenters. The number of benzene rings is 1. The van der Waals surface area contributed by atoms with E-state index < -0.39 is 10.0 Å². The van der Waals surface area contributed by atoms with Crippen LogP contribution >= 0.6 is 24.0 Å². The standard InChI is InChI=1S/C18H26ClN3O3S.ClH/c1-13-6-7-15(19)17(10-13)26(24,25)22-9-3-4-14(12-22)11-21-18(23)16-5-2-8-20-16;/h6-7,10,14,16,20H,2-5,8-9,11-12H2,1H3,(H,21,23);1H. The van der Waals surface area contributed by atoms with Gasteiger partial charge in [-0.15, -0.1) is 12.4 Å². The summed E-state index contributed by atoms with van der Waals surface area (Å²) in [5.74, 6) is 0.136. The maximum atomic E-state index is 13.0. The highest BCUT2D eigenvalue weighted by Gasteiger charge is 2.32. The average Bonchev–Trinajstić information content (AvgIpc) is 3.16. The van der Waals surface area contributed by atoms with Crippen molar-refractivity contribution in [2.24, 2.45) is 5.92 Å². The van der Waals surface area contributed by atoms with E-state index in [1.807, 2.05) is 6.92 Å².